The van der Waals surface area contributed by atoms with E-state index in [4.69, 9.17) is 49.0 Å². The minimum Gasteiger partial charge on any atom is -0.481 e. The molecule has 826 valence electrons. The van der Waals surface area contributed by atoms with Crippen LogP contribution in [0.2, 0.25) is 0 Å². The number of nitrogens with one attached hydrogen (secondary N) is 12. The van der Waals surface area contributed by atoms with E-state index in [-0.39, 0.29) is 161 Å². The third kappa shape index (κ3) is 79.3. The van der Waals surface area contributed by atoms with E-state index >= 15 is 0 Å². The highest BCUT2D eigenvalue weighted by atomic mass is 16.5. The third-order valence-electron chi connectivity index (χ3n) is 21.0. The van der Waals surface area contributed by atoms with Crippen molar-refractivity contribution in [2.75, 3.05) is 85.3 Å². The highest BCUT2D eigenvalue weighted by molar-refractivity contribution is 5.98. The molecule has 50 nitrogen and oxygen atoms in total. The maximum Gasteiger partial charge on any atom is 0.303 e. The summed E-state index contributed by atoms with van der Waals surface area (Å²) in [5.41, 5.74) is 34.6. The first kappa shape index (κ1) is 151. The number of aldehydes is 3. The normalized spacial score (nSPS) is 15.8. The van der Waals surface area contributed by atoms with Crippen LogP contribution < -0.4 is 117 Å². The molecule has 3 rings (SSSR count). The number of amides is 15. The summed E-state index contributed by atoms with van der Waals surface area (Å²) in [6, 6.07) is 7.81. The first-order chi connectivity index (χ1) is 64.2. The molecule has 0 saturated carbocycles. The van der Waals surface area contributed by atoms with E-state index < -0.39 is 149 Å². The summed E-state index contributed by atoms with van der Waals surface area (Å²) in [6.07, 6.45) is 22.1. The largest absolute Gasteiger partial charge is 0.481 e. The molecule has 0 bridgehead atoms. The zero-order chi connectivity index (χ0) is 100. The molecule has 9 atom stereocenters. The lowest BCUT2D eigenvalue weighted by Gasteiger charge is -2.27. The van der Waals surface area contributed by atoms with Crippen LogP contribution in [0.3, 0.4) is 0 Å². The number of rotatable bonds is 57. The SMILES string of the molecule is C=C(C[C@@H]1NC(=O)[C@H](CCCN)NC(=O)[C@@H](Cc2ccccc2)NC(=O)CCCCNC(=O)[C@@H](NC(=O)[C@H](CCCC)NC(=O)[C@H](CCCCN)NC(C)=O)CCC(=O)NCCCC[C@@H](C(N)=O)NC1=O)c1ccccc1.CCN(CC=O)CC=O.C[C@H](NC(=O)CNC(=O)COCCOCCN)C(=O)N[C@@H](CCC(N)=O)C(N)=O.N.N.N.O.O.O.O.O.O.O=CCCCCCCCCCCCCCCC(=O)O. The number of hydrogen-bond donors (Lipinski definition) is 22. The molecule has 50 heteroatoms. The number of unbranched alkanes of at least 4 members (excludes halogenated alkanes) is 14. The van der Waals surface area contributed by atoms with Gasteiger partial charge in [-0.1, -0.05) is 158 Å². The van der Waals surface area contributed by atoms with Crippen molar-refractivity contribution >= 4 is 119 Å². The van der Waals surface area contributed by atoms with Gasteiger partial charge in [0.05, 0.1) is 39.5 Å². The highest BCUT2D eigenvalue weighted by Crippen LogP contribution is 2.20. The van der Waals surface area contributed by atoms with Gasteiger partial charge in [0.2, 0.25) is 88.6 Å². The van der Waals surface area contributed by atoms with Crippen molar-refractivity contribution in [2.45, 2.75) is 300 Å². The molecule has 0 radical (unpaired) electrons. The van der Waals surface area contributed by atoms with Crippen molar-refractivity contribution < 1.29 is 139 Å². The standard InChI is InChI=1S/C55H84N12O10.C16H30N6O7.C16H30O3.C6H11NO2.3H3N.6H2O/c1-4-5-23-42(64-51(73)41(61-37(3)68)25-12-15-30-56)52(74)66-44-28-29-47(69)59-32-16-13-24-40(49(58)71)63-54(76)45(34-36(2)39-21-10-7-11-22-39)67-53(75)43(26-18-31-57)65-55(77)46(35-38-19-8-6-9-20-38)62-48(70)27-14-17-33-60-50(44)72;1-10(16(27)22-11(15(19)26)2-3-12(18)23)21-13(24)8-20-14(25)9-29-7-6-28-5-4-17;17-15-13-11-9-7-5-3-1-2-4-6-8-10-12-14-16(18)19;1-2-7(3-5-8)4-6-9;;;;;;;;;/h6-11,19-22,40-46H,2,4-5,12-18,23-35,56-57H2,1,3H3,(H2,58,71)(H,59,69)(H,60,72)(H,61,68)(H,62,70)(H,63,76)(H,64,73)(H,65,77)(H,66,74)(H,67,75);10-11H,2-9,17H2,1H3,(H2,18,23)(H2,19,26)(H,20,25)(H,21,24)(H,22,27);15H,1-14H2,(H,18,19);5-6H,2-4H2,1H3;3*1H3;6*1H2/t40-,41-,42-,43-,44-,45-,46+;10-,11-;;;;;;;;;;;/m00.........../s1. The molecule has 46 N–H and O–H groups in total. The van der Waals surface area contributed by atoms with Crippen LogP contribution in [-0.4, -0.2) is 296 Å². The van der Waals surface area contributed by atoms with Crippen LogP contribution in [0.1, 0.15) is 251 Å². The van der Waals surface area contributed by atoms with Crippen LogP contribution in [0.15, 0.2) is 67.2 Å². The fourth-order valence-electron chi connectivity index (χ4n) is 13.3. The van der Waals surface area contributed by atoms with Crippen LogP contribution in [0.25, 0.3) is 5.57 Å². The number of benzene rings is 2. The maximum atomic E-state index is 14.2. The number of carboxylic acid groups (broad SMARTS) is 1. The van der Waals surface area contributed by atoms with Gasteiger partial charge < -0.3 is 178 Å². The van der Waals surface area contributed by atoms with Gasteiger partial charge in [0.25, 0.3) is 0 Å². The average Bonchev–Trinajstić information content (AvgIpc) is 0.886. The molecular formula is C93H176N22O28. The van der Waals surface area contributed by atoms with Crippen molar-refractivity contribution in [1.82, 2.24) is 87.2 Å². The van der Waals surface area contributed by atoms with E-state index in [1.165, 1.54) is 71.6 Å². The Labute approximate surface area is 839 Å². The summed E-state index contributed by atoms with van der Waals surface area (Å²) < 4.78 is 10.1. The van der Waals surface area contributed by atoms with Gasteiger partial charge in [0, 0.05) is 71.5 Å². The van der Waals surface area contributed by atoms with E-state index in [9.17, 15) is 91.1 Å². The number of likely N-dealkylation sites (N-methyl/N-ethyl adjacent to an activating group) is 1. The Balaban J connectivity index is -0.000000274. The Morgan fingerprint density at radius 1 is 0.517 bits per heavy atom. The van der Waals surface area contributed by atoms with E-state index in [2.05, 4.69) is 70.4 Å². The summed E-state index contributed by atoms with van der Waals surface area (Å²) >= 11 is 0. The molecular weight excluding hydrogens is 1870 g/mol. The number of nitrogens with two attached hydrogens (primary N) is 6. The van der Waals surface area contributed by atoms with Gasteiger partial charge >= 0.3 is 5.97 Å². The molecule has 0 unspecified atom stereocenters. The number of carbonyl (C=O) groups is 19. The van der Waals surface area contributed by atoms with Gasteiger partial charge in [0.1, 0.15) is 79.8 Å². The molecule has 1 heterocycles. The number of hydrogen-bond acceptors (Lipinski definition) is 28. The molecule has 1 aliphatic heterocycles. The van der Waals surface area contributed by atoms with Crippen LogP contribution >= 0.6 is 0 Å². The van der Waals surface area contributed by atoms with Crippen LogP contribution in [-0.2, 0) is 107 Å². The molecule has 143 heavy (non-hydrogen) atoms. The molecule has 2 aromatic carbocycles. The monoisotopic (exact) mass is 2050 g/mol. The predicted octanol–water partition coefficient (Wildman–Crippen LogP) is -3.53. The minimum absolute atomic E-state index is 0. The zero-order valence-corrected chi connectivity index (χ0v) is 84.2. The fraction of sp³-hybridized carbons (Fsp3) is 0.645. The zero-order valence-electron chi connectivity index (χ0n) is 84.2. The number of aliphatic carboxylic acids is 1. The smallest absolute Gasteiger partial charge is 0.303 e. The lowest BCUT2D eigenvalue weighted by Crippen LogP contribution is -2.58. The number of carbonyl (C=O) groups excluding carboxylic acids is 18. The van der Waals surface area contributed by atoms with Gasteiger partial charge in [-0.2, -0.15) is 0 Å². The predicted molar refractivity (Wildman–Crippen MR) is 542 cm³/mol. The van der Waals surface area contributed by atoms with E-state index in [0.717, 1.165) is 56.6 Å². The highest BCUT2D eigenvalue weighted by Gasteiger charge is 2.34. The second-order valence-corrected chi connectivity index (χ2v) is 32.5. The molecule has 0 spiro atoms. The van der Waals surface area contributed by atoms with E-state index in [1.54, 1.807) is 59.5 Å². The number of nitrogens with zero attached hydrogens (tertiary/aromatic N) is 1. The van der Waals surface area contributed by atoms with E-state index in [0.29, 0.717) is 115 Å². The molecule has 1 fully saturated rings. The fourth-order valence-corrected chi connectivity index (χ4v) is 13.3. The minimum atomic E-state index is -1.29. The van der Waals surface area contributed by atoms with Gasteiger partial charge in [-0.25, -0.2) is 0 Å². The topological polar surface area (TPSA) is 961 Å². The number of ether oxygens (including phenoxy) is 2. The van der Waals surface area contributed by atoms with Gasteiger partial charge in [-0.15, -0.1) is 0 Å². The van der Waals surface area contributed by atoms with Crippen molar-refractivity contribution in [1.29, 1.82) is 0 Å². The maximum absolute atomic E-state index is 14.2. The Bertz CT molecular complexity index is 3830. The number of primary amides is 3. The summed E-state index contributed by atoms with van der Waals surface area (Å²) in [7, 11) is 0. The van der Waals surface area contributed by atoms with Crippen LogP contribution in [0.4, 0.5) is 0 Å². The van der Waals surface area contributed by atoms with Gasteiger partial charge in [0.15, 0.2) is 0 Å². The first-order valence-electron chi connectivity index (χ1n) is 46.9. The van der Waals surface area contributed by atoms with Gasteiger partial charge in [-0.3, -0.25) is 81.6 Å². The molecule has 0 aromatic heterocycles. The number of carboxylic acids is 1. The first-order valence-corrected chi connectivity index (χ1v) is 46.9. The van der Waals surface area contributed by atoms with Crippen molar-refractivity contribution in [3.63, 3.8) is 0 Å². The van der Waals surface area contributed by atoms with Crippen molar-refractivity contribution in [2.24, 2.45) is 34.4 Å². The van der Waals surface area contributed by atoms with Crippen LogP contribution in [0.5, 0.6) is 0 Å². The Morgan fingerprint density at radius 2 is 1.05 bits per heavy atom. The average molecular weight is 2050 g/mol. The summed E-state index contributed by atoms with van der Waals surface area (Å²) in [5.74, 6) is -10.1. The third-order valence-corrected chi connectivity index (χ3v) is 21.0. The van der Waals surface area contributed by atoms with Crippen molar-refractivity contribution in [3.8, 4) is 0 Å². The van der Waals surface area contributed by atoms with Gasteiger partial charge in [-0.05, 0) is 140 Å². The Morgan fingerprint density at radius 3 is 1.59 bits per heavy atom. The summed E-state index contributed by atoms with van der Waals surface area (Å²) in [6.45, 7) is 13.6. The molecule has 15 amide bonds. The second kappa shape index (κ2) is 97.5. The lowest BCUT2D eigenvalue weighted by atomic mass is 9.98. The lowest BCUT2D eigenvalue weighted by molar-refractivity contribution is -0.137. The molecule has 2 aromatic rings. The summed E-state index contributed by atoms with van der Waals surface area (Å²) in [4.78, 5) is 235. The molecule has 1 saturated heterocycles. The van der Waals surface area contributed by atoms with Crippen LogP contribution in [0, 0.1) is 0 Å². The Hall–Kier alpha value is -11.9. The van der Waals surface area contributed by atoms with E-state index in [1.807, 2.05) is 19.9 Å². The molecule has 0 aliphatic carbocycles. The second-order valence-electron chi connectivity index (χ2n) is 32.5. The summed E-state index contributed by atoms with van der Waals surface area (Å²) in [5, 5.41) is 40.2. The Kier molecular flexibility index (Phi) is 103. The quantitative estimate of drug-likeness (QED) is 0.0225. The van der Waals surface area contributed by atoms with Crippen molar-refractivity contribution in [3.05, 3.63) is 78.4 Å². The molecule has 1 aliphatic rings.